The van der Waals surface area contributed by atoms with E-state index in [0.29, 0.717) is 5.57 Å². The standard InChI is InChI=1S/C4H5ClO.CH2Cl2/c1-3(2)4(5)6;2-1-3/h1H2,2H3;1H2. The lowest BCUT2D eigenvalue weighted by molar-refractivity contribution is -0.108. The van der Waals surface area contributed by atoms with Gasteiger partial charge in [0.1, 0.15) is 0 Å². The average molecular weight is 189 g/mol. The van der Waals surface area contributed by atoms with E-state index < -0.39 is 5.24 Å². The van der Waals surface area contributed by atoms with Crippen molar-refractivity contribution in [1.82, 2.24) is 0 Å². The van der Waals surface area contributed by atoms with Gasteiger partial charge < -0.3 is 0 Å². The third-order valence-corrected chi connectivity index (χ3v) is 0.658. The highest BCUT2D eigenvalue weighted by Gasteiger charge is 1.89. The summed E-state index contributed by atoms with van der Waals surface area (Å²) < 4.78 is 0. The Morgan fingerprint density at radius 3 is 1.67 bits per heavy atom. The number of carbonyl (C=O) groups is 1. The van der Waals surface area contributed by atoms with Crippen LogP contribution in [-0.4, -0.2) is 10.6 Å². The van der Waals surface area contributed by atoms with Gasteiger partial charge in [-0.05, 0) is 18.5 Å². The van der Waals surface area contributed by atoms with E-state index in [0.717, 1.165) is 0 Å². The molecule has 54 valence electrons. The molecule has 0 rings (SSSR count). The minimum atomic E-state index is -0.463. The van der Waals surface area contributed by atoms with E-state index in [4.69, 9.17) is 34.8 Å². The molecule has 0 atom stereocenters. The van der Waals surface area contributed by atoms with Crippen LogP contribution >= 0.6 is 34.8 Å². The van der Waals surface area contributed by atoms with E-state index in [2.05, 4.69) is 6.58 Å². The Morgan fingerprint density at radius 2 is 1.67 bits per heavy atom. The molecule has 0 saturated heterocycles. The number of alkyl halides is 2. The predicted molar refractivity (Wildman–Crippen MR) is 42.2 cm³/mol. The normalized spacial score (nSPS) is 7.11. The fourth-order valence-corrected chi connectivity index (χ4v) is 0. The first-order valence-corrected chi connectivity index (χ1v) is 3.48. The second kappa shape index (κ2) is 8.28. The molecule has 0 aliphatic rings. The van der Waals surface area contributed by atoms with Crippen molar-refractivity contribution in [2.45, 2.75) is 6.92 Å². The molecule has 0 aromatic carbocycles. The molecule has 0 spiro atoms. The zero-order valence-electron chi connectivity index (χ0n) is 4.96. The van der Waals surface area contributed by atoms with Gasteiger partial charge in [-0.1, -0.05) is 6.58 Å². The Labute approximate surface area is 69.6 Å². The highest BCUT2D eigenvalue weighted by molar-refractivity contribution is 6.67. The van der Waals surface area contributed by atoms with Crippen LogP contribution < -0.4 is 0 Å². The molecule has 0 aromatic rings. The van der Waals surface area contributed by atoms with Crippen molar-refractivity contribution >= 4 is 40.0 Å². The van der Waals surface area contributed by atoms with Gasteiger partial charge in [0.05, 0.1) is 5.34 Å². The number of halogens is 3. The molecule has 9 heavy (non-hydrogen) atoms. The van der Waals surface area contributed by atoms with Gasteiger partial charge in [-0.25, -0.2) is 0 Å². The fourth-order valence-electron chi connectivity index (χ4n) is 0. The summed E-state index contributed by atoms with van der Waals surface area (Å²) in [5.41, 5.74) is 0.386. The van der Waals surface area contributed by atoms with Crippen molar-refractivity contribution in [3.8, 4) is 0 Å². The summed E-state index contributed by atoms with van der Waals surface area (Å²) in [4.78, 5) is 9.81. The van der Waals surface area contributed by atoms with Gasteiger partial charge in [0.2, 0.25) is 5.24 Å². The van der Waals surface area contributed by atoms with Crippen LogP contribution in [0.2, 0.25) is 0 Å². The summed E-state index contributed by atoms with van der Waals surface area (Å²) in [7, 11) is 0. The summed E-state index contributed by atoms with van der Waals surface area (Å²) in [6.07, 6.45) is 0. The first kappa shape index (κ1) is 12.0. The van der Waals surface area contributed by atoms with Crippen LogP contribution in [0.5, 0.6) is 0 Å². The molecule has 0 fully saturated rings. The third kappa shape index (κ3) is 17.8. The van der Waals surface area contributed by atoms with E-state index in [1.807, 2.05) is 0 Å². The number of allylic oxidation sites excluding steroid dienone is 1. The number of rotatable bonds is 1. The first-order valence-electron chi connectivity index (χ1n) is 2.03. The molecule has 0 aliphatic heterocycles. The zero-order chi connectivity index (χ0) is 7.86. The lowest BCUT2D eigenvalue weighted by atomic mass is 10.4. The van der Waals surface area contributed by atoms with Crippen LogP contribution in [0.15, 0.2) is 12.2 Å². The lowest BCUT2D eigenvalue weighted by Crippen LogP contribution is -1.81. The second-order valence-electron chi connectivity index (χ2n) is 1.16. The largest absolute Gasteiger partial charge is 0.276 e. The maximum absolute atomic E-state index is 9.81. The van der Waals surface area contributed by atoms with E-state index in [1.165, 1.54) is 0 Å². The minimum absolute atomic E-state index is 0.194. The summed E-state index contributed by atoms with van der Waals surface area (Å²) >= 11 is 14.4. The number of hydrogen-bond donors (Lipinski definition) is 0. The first-order chi connectivity index (χ1) is 4.06. The van der Waals surface area contributed by atoms with Crippen molar-refractivity contribution in [2.24, 2.45) is 0 Å². The Balaban J connectivity index is 0. The van der Waals surface area contributed by atoms with Gasteiger partial charge in [-0.3, -0.25) is 4.79 Å². The van der Waals surface area contributed by atoms with Gasteiger partial charge in [-0.15, -0.1) is 23.2 Å². The van der Waals surface area contributed by atoms with Crippen molar-refractivity contribution in [3.63, 3.8) is 0 Å². The van der Waals surface area contributed by atoms with Gasteiger partial charge in [0.25, 0.3) is 0 Å². The summed E-state index contributed by atoms with van der Waals surface area (Å²) in [6, 6.07) is 0. The van der Waals surface area contributed by atoms with Crippen molar-refractivity contribution in [1.29, 1.82) is 0 Å². The topological polar surface area (TPSA) is 17.1 Å². The van der Waals surface area contributed by atoms with E-state index in [1.54, 1.807) is 6.92 Å². The highest BCUT2D eigenvalue weighted by Crippen LogP contribution is 1.91. The van der Waals surface area contributed by atoms with Crippen LogP contribution in [0.4, 0.5) is 0 Å². The number of carbonyl (C=O) groups excluding carboxylic acids is 1. The van der Waals surface area contributed by atoms with Crippen molar-refractivity contribution in [3.05, 3.63) is 12.2 Å². The maximum Gasteiger partial charge on any atom is 0.247 e. The smallest absolute Gasteiger partial charge is 0.247 e. The summed E-state index contributed by atoms with van der Waals surface area (Å²) in [5, 5.41) is -0.269. The average Bonchev–Trinajstić information content (AvgIpc) is 1.68. The van der Waals surface area contributed by atoms with E-state index in [9.17, 15) is 4.79 Å². The molecule has 1 nitrogen and oxygen atoms in total. The van der Waals surface area contributed by atoms with E-state index in [-0.39, 0.29) is 5.34 Å². The van der Waals surface area contributed by atoms with Gasteiger partial charge in [0, 0.05) is 5.57 Å². The quantitative estimate of drug-likeness (QED) is 0.352. The lowest BCUT2D eigenvalue weighted by Gasteiger charge is -1.77. The fraction of sp³-hybridized carbons (Fsp3) is 0.400. The molecule has 0 bridgehead atoms. The van der Waals surface area contributed by atoms with Crippen LogP contribution in [0, 0.1) is 0 Å². The Kier molecular flexibility index (Phi) is 11.0. The minimum Gasteiger partial charge on any atom is -0.276 e. The van der Waals surface area contributed by atoms with Crippen LogP contribution in [0.25, 0.3) is 0 Å². The highest BCUT2D eigenvalue weighted by atomic mass is 35.5. The Bertz CT molecular complexity index is 88.4. The van der Waals surface area contributed by atoms with Crippen molar-refractivity contribution in [2.75, 3.05) is 5.34 Å². The molecular weight excluding hydrogens is 182 g/mol. The zero-order valence-corrected chi connectivity index (χ0v) is 7.22. The monoisotopic (exact) mass is 188 g/mol. The summed E-state index contributed by atoms with van der Waals surface area (Å²) in [6.45, 7) is 4.84. The van der Waals surface area contributed by atoms with Crippen LogP contribution in [0.3, 0.4) is 0 Å². The number of hydrogen-bond acceptors (Lipinski definition) is 1. The molecule has 4 heteroatoms. The molecule has 0 N–H and O–H groups in total. The van der Waals surface area contributed by atoms with Gasteiger partial charge in [0.15, 0.2) is 0 Å². The molecule has 0 radical (unpaired) electrons. The molecule has 0 saturated carbocycles. The molecular formula is C5H7Cl3O. The predicted octanol–water partition coefficient (Wildman–Crippen LogP) is 2.75. The molecule has 0 heterocycles. The Hall–Kier alpha value is 0.280. The van der Waals surface area contributed by atoms with Crippen LogP contribution in [0.1, 0.15) is 6.92 Å². The molecule has 0 amide bonds. The molecule has 0 unspecified atom stereocenters. The third-order valence-electron chi connectivity index (χ3n) is 0.336. The summed E-state index contributed by atoms with van der Waals surface area (Å²) in [5.74, 6) is 0. The van der Waals surface area contributed by atoms with E-state index >= 15 is 0 Å². The maximum atomic E-state index is 9.81. The SMILES string of the molecule is C=C(C)C(=O)Cl.ClCCl. The van der Waals surface area contributed by atoms with Gasteiger partial charge in [-0.2, -0.15) is 0 Å². The second-order valence-corrected chi connectivity index (χ2v) is 2.31. The molecule has 0 aromatic heterocycles. The van der Waals surface area contributed by atoms with Crippen LogP contribution in [-0.2, 0) is 4.79 Å². The van der Waals surface area contributed by atoms with Gasteiger partial charge >= 0.3 is 0 Å². The Morgan fingerprint density at radius 1 is 1.56 bits per heavy atom. The van der Waals surface area contributed by atoms with Crippen molar-refractivity contribution < 1.29 is 4.79 Å². The molecule has 0 aliphatic carbocycles.